The molecule has 2 aromatic carbocycles. The molecule has 0 aliphatic heterocycles. The lowest BCUT2D eigenvalue weighted by molar-refractivity contribution is 0.349. The van der Waals surface area contributed by atoms with Gasteiger partial charge in [-0.2, -0.15) is 9.61 Å². The highest BCUT2D eigenvalue weighted by atomic mass is 35.5. The number of nitrogens with zero attached hydrogens (tertiary/aromatic N) is 4. The number of hydrogen-bond acceptors (Lipinski definition) is 3. The van der Waals surface area contributed by atoms with Crippen molar-refractivity contribution < 1.29 is 0 Å². The summed E-state index contributed by atoms with van der Waals surface area (Å²) >= 11 is 12.7. The van der Waals surface area contributed by atoms with Crippen molar-refractivity contribution in [2.75, 3.05) is 0 Å². The van der Waals surface area contributed by atoms with E-state index in [2.05, 4.69) is 10.2 Å². The van der Waals surface area contributed by atoms with E-state index in [1.807, 2.05) is 59.1 Å². The molecular formula is C24H22Cl2N4. The molecule has 0 unspecified atom stereocenters. The van der Waals surface area contributed by atoms with Crippen molar-refractivity contribution in [3.8, 4) is 22.4 Å². The Morgan fingerprint density at radius 3 is 2.40 bits per heavy atom. The molecule has 1 aliphatic rings. The van der Waals surface area contributed by atoms with Crippen molar-refractivity contribution in [2.24, 2.45) is 5.92 Å². The number of benzene rings is 2. The Balaban J connectivity index is 1.66. The minimum atomic E-state index is 0.660. The maximum absolute atomic E-state index is 6.56. The van der Waals surface area contributed by atoms with Crippen LogP contribution in [0, 0.1) is 5.92 Å². The highest BCUT2D eigenvalue weighted by Gasteiger charge is 2.20. The van der Waals surface area contributed by atoms with Crippen LogP contribution < -0.4 is 0 Å². The van der Waals surface area contributed by atoms with Gasteiger partial charge in [-0.3, -0.25) is 0 Å². The van der Waals surface area contributed by atoms with E-state index < -0.39 is 0 Å². The summed E-state index contributed by atoms with van der Waals surface area (Å²) in [6, 6.07) is 17.6. The van der Waals surface area contributed by atoms with Crippen LogP contribution in [0.5, 0.6) is 0 Å². The van der Waals surface area contributed by atoms with Crippen LogP contribution >= 0.6 is 23.2 Å². The molecule has 5 rings (SSSR count). The molecule has 2 aromatic heterocycles. The molecule has 1 fully saturated rings. The average molecular weight is 437 g/mol. The quantitative estimate of drug-likeness (QED) is 0.349. The highest BCUT2D eigenvalue weighted by Crippen LogP contribution is 2.36. The Kier molecular flexibility index (Phi) is 5.45. The van der Waals surface area contributed by atoms with Gasteiger partial charge in [0, 0.05) is 22.6 Å². The summed E-state index contributed by atoms with van der Waals surface area (Å²) in [5.74, 6) is 1.58. The van der Waals surface area contributed by atoms with Crippen molar-refractivity contribution in [1.29, 1.82) is 0 Å². The predicted molar refractivity (Wildman–Crippen MR) is 122 cm³/mol. The van der Waals surface area contributed by atoms with Gasteiger partial charge in [-0.25, -0.2) is 0 Å². The Hall–Kier alpha value is -2.43. The fourth-order valence-electron chi connectivity index (χ4n) is 4.35. The van der Waals surface area contributed by atoms with Gasteiger partial charge < -0.3 is 0 Å². The zero-order valence-corrected chi connectivity index (χ0v) is 18.1. The Morgan fingerprint density at radius 1 is 0.867 bits per heavy atom. The van der Waals surface area contributed by atoms with Gasteiger partial charge >= 0.3 is 0 Å². The lowest BCUT2D eigenvalue weighted by atomic mass is 9.87. The van der Waals surface area contributed by atoms with Gasteiger partial charge in [0.2, 0.25) is 0 Å². The minimum Gasteiger partial charge on any atom is -0.197 e. The van der Waals surface area contributed by atoms with Crippen LogP contribution in [0.3, 0.4) is 0 Å². The molecule has 1 aliphatic carbocycles. The first-order chi connectivity index (χ1) is 14.7. The van der Waals surface area contributed by atoms with Crippen LogP contribution in [-0.2, 0) is 6.42 Å². The van der Waals surface area contributed by atoms with E-state index in [4.69, 9.17) is 28.3 Å². The third-order valence-corrected chi connectivity index (χ3v) is 6.52. The molecule has 2 heterocycles. The molecule has 1 saturated carbocycles. The molecule has 0 bridgehead atoms. The third kappa shape index (κ3) is 3.82. The van der Waals surface area contributed by atoms with E-state index in [0.29, 0.717) is 16.0 Å². The zero-order valence-electron chi connectivity index (χ0n) is 16.6. The van der Waals surface area contributed by atoms with Gasteiger partial charge in [0.25, 0.3) is 0 Å². The minimum absolute atomic E-state index is 0.660. The van der Waals surface area contributed by atoms with Gasteiger partial charge in [0.1, 0.15) is 5.69 Å². The molecule has 0 saturated heterocycles. The maximum Gasteiger partial charge on any atom is 0.178 e. The first-order valence-electron chi connectivity index (χ1n) is 10.5. The summed E-state index contributed by atoms with van der Waals surface area (Å²) in [5.41, 5.74) is 4.44. The molecule has 4 aromatic rings. The van der Waals surface area contributed by atoms with Crippen molar-refractivity contribution in [3.05, 3.63) is 70.5 Å². The number of hydrogen-bond donors (Lipinski definition) is 0. The van der Waals surface area contributed by atoms with Crippen molar-refractivity contribution in [3.63, 3.8) is 0 Å². The number of rotatable bonds is 4. The van der Waals surface area contributed by atoms with Gasteiger partial charge in [-0.1, -0.05) is 85.6 Å². The largest absolute Gasteiger partial charge is 0.197 e. The zero-order chi connectivity index (χ0) is 20.5. The molecule has 0 atom stereocenters. The molecule has 4 nitrogen and oxygen atoms in total. The summed E-state index contributed by atoms with van der Waals surface area (Å²) < 4.78 is 1.90. The number of halogens is 2. The summed E-state index contributed by atoms with van der Waals surface area (Å²) in [5, 5.41) is 15.3. The van der Waals surface area contributed by atoms with Gasteiger partial charge in [-0.05, 0) is 35.7 Å². The smallest absolute Gasteiger partial charge is 0.178 e. The second kappa shape index (κ2) is 8.37. The normalized spacial score (nSPS) is 15.0. The van der Waals surface area contributed by atoms with E-state index in [-0.39, 0.29) is 0 Å². The Labute approximate surface area is 185 Å². The average Bonchev–Trinajstić information content (AvgIpc) is 3.16. The number of aromatic nitrogens is 4. The first kappa shape index (κ1) is 19.5. The Morgan fingerprint density at radius 2 is 1.63 bits per heavy atom. The molecule has 152 valence electrons. The summed E-state index contributed by atoms with van der Waals surface area (Å²) in [6.45, 7) is 0. The van der Waals surface area contributed by atoms with Crippen molar-refractivity contribution in [1.82, 2.24) is 19.8 Å². The fraction of sp³-hybridized carbons (Fsp3) is 0.292. The standard InChI is InChI=1S/C24H22Cl2N4/c25-18-12-10-17(11-13-18)20-15-23-28-27-22(14-16-6-2-1-3-7-16)30(23)29-24(20)19-8-4-5-9-21(19)26/h4-5,8-13,15-16H,1-3,6-7,14H2. The van der Waals surface area contributed by atoms with E-state index in [1.54, 1.807) is 0 Å². The van der Waals surface area contributed by atoms with Crippen LogP contribution in [0.4, 0.5) is 0 Å². The second-order valence-corrected chi connectivity index (χ2v) is 8.83. The van der Waals surface area contributed by atoms with Gasteiger partial charge in [0.15, 0.2) is 11.5 Å². The predicted octanol–water partition coefficient (Wildman–Crippen LogP) is 6.89. The lowest BCUT2D eigenvalue weighted by Crippen LogP contribution is -2.12. The van der Waals surface area contributed by atoms with Crippen molar-refractivity contribution in [2.45, 2.75) is 38.5 Å². The summed E-state index contributed by atoms with van der Waals surface area (Å²) in [6.07, 6.45) is 7.39. The monoisotopic (exact) mass is 436 g/mol. The van der Waals surface area contributed by atoms with E-state index in [0.717, 1.165) is 40.3 Å². The number of fused-ring (bicyclic) bond motifs is 1. The van der Waals surface area contributed by atoms with Crippen LogP contribution in [0.2, 0.25) is 10.0 Å². The van der Waals surface area contributed by atoms with E-state index in [9.17, 15) is 0 Å². The van der Waals surface area contributed by atoms with E-state index >= 15 is 0 Å². The molecule has 0 amide bonds. The van der Waals surface area contributed by atoms with Crippen LogP contribution in [0.25, 0.3) is 28.0 Å². The third-order valence-electron chi connectivity index (χ3n) is 5.94. The van der Waals surface area contributed by atoms with Gasteiger partial charge in [-0.15, -0.1) is 10.2 Å². The van der Waals surface area contributed by atoms with Crippen LogP contribution in [0.15, 0.2) is 54.6 Å². The molecule has 6 heteroatoms. The summed E-state index contributed by atoms with van der Waals surface area (Å²) in [7, 11) is 0. The maximum atomic E-state index is 6.56. The molecule has 30 heavy (non-hydrogen) atoms. The Bertz CT molecular complexity index is 1180. The molecule has 0 N–H and O–H groups in total. The molecule has 0 radical (unpaired) electrons. The molecular weight excluding hydrogens is 415 g/mol. The second-order valence-electron chi connectivity index (χ2n) is 7.99. The topological polar surface area (TPSA) is 43.1 Å². The highest BCUT2D eigenvalue weighted by molar-refractivity contribution is 6.33. The van der Waals surface area contributed by atoms with Crippen molar-refractivity contribution >= 4 is 28.8 Å². The van der Waals surface area contributed by atoms with Gasteiger partial charge in [0.05, 0.1) is 5.02 Å². The SMILES string of the molecule is Clc1ccc(-c2cc3nnc(CC4CCCCC4)n3nc2-c2ccccc2Cl)cc1. The van der Waals surface area contributed by atoms with Crippen LogP contribution in [0.1, 0.15) is 37.9 Å². The molecule has 0 spiro atoms. The lowest BCUT2D eigenvalue weighted by Gasteiger charge is -2.20. The van der Waals surface area contributed by atoms with Crippen LogP contribution in [-0.4, -0.2) is 19.8 Å². The summed E-state index contributed by atoms with van der Waals surface area (Å²) in [4.78, 5) is 0. The van der Waals surface area contributed by atoms with E-state index in [1.165, 1.54) is 32.1 Å². The fourth-order valence-corrected chi connectivity index (χ4v) is 4.71. The first-order valence-corrected chi connectivity index (χ1v) is 11.2.